The van der Waals surface area contributed by atoms with Gasteiger partial charge in [0.1, 0.15) is 11.6 Å². The number of nitrogens with zero attached hydrogens (tertiary/aromatic N) is 1. The van der Waals surface area contributed by atoms with Crippen molar-refractivity contribution in [3.05, 3.63) is 58.4 Å². The van der Waals surface area contributed by atoms with Gasteiger partial charge in [-0.25, -0.2) is 4.39 Å². The zero-order valence-corrected chi connectivity index (χ0v) is 23.1. The van der Waals surface area contributed by atoms with E-state index in [1.54, 1.807) is 19.3 Å². The van der Waals surface area contributed by atoms with Gasteiger partial charge in [0.2, 0.25) is 0 Å². The van der Waals surface area contributed by atoms with Crippen molar-refractivity contribution in [2.24, 2.45) is 4.99 Å². The summed E-state index contributed by atoms with van der Waals surface area (Å²) in [5, 5.41) is 12.4. The quantitative estimate of drug-likeness (QED) is 0.236. The maximum absolute atomic E-state index is 14.0. The van der Waals surface area contributed by atoms with E-state index < -0.39 is 0 Å². The highest BCUT2D eigenvalue weighted by atomic mass is 31.1. The van der Waals surface area contributed by atoms with Crippen molar-refractivity contribution in [2.45, 2.75) is 97.1 Å². The Morgan fingerprint density at radius 1 is 0.939 bits per heavy atom. The molecule has 0 spiro atoms. The SMILES string of the molecule is CCCCCC(C)(Pc1ccc(F)cc1C=NC)c1cc(C(C)(C)C)cc(C(C)(C)C)c1O. The third-order valence-corrected chi connectivity index (χ3v) is 8.15. The molecule has 2 rings (SSSR count). The average molecular weight is 472 g/mol. The summed E-state index contributed by atoms with van der Waals surface area (Å²) in [6.07, 6.45) is 6.08. The van der Waals surface area contributed by atoms with Gasteiger partial charge >= 0.3 is 0 Å². The molecule has 0 amide bonds. The fourth-order valence-electron chi connectivity index (χ4n) is 4.24. The van der Waals surface area contributed by atoms with E-state index in [0.29, 0.717) is 14.3 Å². The van der Waals surface area contributed by atoms with E-state index in [0.717, 1.165) is 47.7 Å². The van der Waals surface area contributed by atoms with Crippen LogP contribution in [0.15, 0.2) is 35.3 Å². The van der Waals surface area contributed by atoms with E-state index >= 15 is 0 Å². The Labute approximate surface area is 202 Å². The number of rotatable bonds is 8. The molecule has 0 aromatic heterocycles. The molecule has 0 bridgehead atoms. The summed E-state index contributed by atoms with van der Waals surface area (Å²) in [6, 6.07) is 9.39. The molecule has 0 aliphatic heterocycles. The van der Waals surface area contributed by atoms with E-state index in [1.807, 2.05) is 6.07 Å². The lowest BCUT2D eigenvalue weighted by Crippen LogP contribution is -2.25. The lowest BCUT2D eigenvalue weighted by Gasteiger charge is -2.36. The summed E-state index contributed by atoms with van der Waals surface area (Å²) < 4.78 is 14.0. The van der Waals surface area contributed by atoms with Gasteiger partial charge in [-0.1, -0.05) is 101 Å². The maximum Gasteiger partial charge on any atom is 0.123 e. The van der Waals surface area contributed by atoms with Crippen LogP contribution in [0, 0.1) is 5.82 Å². The van der Waals surface area contributed by atoms with Gasteiger partial charge in [0, 0.05) is 29.5 Å². The summed E-state index contributed by atoms with van der Waals surface area (Å²) in [4.78, 5) is 4.16. The van der Waals surface area contributed by atoms with Gasteiger partial charge in [0.15, 0.2) is 0 Å². The zero-order valence-electron chi connectivity index (χ0n) is 22.1. The second kappa shape index (κ2) is 10.7. The van der Waals surface area contributed by atoms with Crippen LogP contribution < -0.4 is 5.30 Å². The summed E-state index contributed by atoms with van der Waals surface area (Å²) in [6.45, 7) is 17.6. The summed E-state index contributed by atoms with van der Waals surface area (Å²) >= 11 is 0. The molecule has 0 fully saturated rings. The highest BCUT2D eigenvalue weighted by Gasteiger charge is 2.34. The van der Waals surface area contributed by atoms with Gasteiger partial charge in [0.25, 0.3) is 0 Å². The third-order valence-electron chi connectivity index (χ3n) is 6.35. The van der Waals surface area contributed by atoms with Crippen LogP contribution in [0.2, 0.25) is 0 Å². The van der Waals surface area contributed by atoms with Crippen LogP contribution in [-0.4, -0.2) is 18.4 Å². The second-order valence-electron chi connectivity index (χ2n) is 11.5. The van der Waals surface area contributed by atoms with E-state index in [4.69, 9.17) is 0 Å². The minimum atomic E-state index is -0.269. The Kier molecular flexibility index (Phi) is 8.91. The molecule has 0 radical (unpaired) electrons. The molecule has 0 aliphatic rings. The van der Waals surface area contributed by atoms with Crippen LogP contribution >= 0.6 is 8.58 Å². The number of aliphatic imine (C=N–C) groups is 1. The Balaban J connectivity index is 2.76. The van der Waals surface area contributed by atoms with Crippen LogP contribution in [0.4, 0.5) is 4.39 Å². The van der Waals surface area contributed by atoms with Crippen molar-refractivity contribution in [1.29, 1.82) is 0 Å². The first-order chi connectivity index (χ1) is 15.2. The molecule has 0 heterocycles. The Morgan fingerprint density at radius 3 is 2.12 bits per heavy atom. The first-order valence-corrected chi connectivity index (χ1v) is 13.1. The van der Waals surface area contributed by atoms with Crippen molar-refractivity contribution in [1.82, 2.24) is 0 Å². The smallest absolute Gasteiger partial charge is 0.123 e. The van der Waals surface area contributed by atoms with Crippen molar-refractivity contribution in [2.75, 3.05) is 7.05 Å². The van der Waals surface area contributed by atoms with Crippen molar-refractivity contribution in [3.63, 3.8) is 0 Å². The lowest BCUT2D eigenvalue weighted by molar-refractivity contribution is 0.424. The van der Waals surface area contributed by atoms with Gasteiger partial charge < -0.3 is 5.11 Å². The van der Waals surface area contributed by atoms with Crippen LogP contribution in [0.25, 0.3) is 0 Å². The van der Waals surface area contributed by atoms with E-state index in [-0.39, 0.29) is 21.8 Å². The standard InChI is InChI=1S/C29H43FNOP/c1-10-11-12-15-29(8,33-25-14-13-22(30)16-20(25)19-31-9)24-18-21(27(2,3)4)17-23(26(24)32)28(5,6)7/h13-14,16-19,32-33H,10-12,15H2,1-9H3. The van der Waals surface area contributed by atoms with Gasteiger partial charge in [-0.05, 0) is 45.8 Å². The molecule has 2 unspecified atom stereocenters. The lowest BCUT2D eigenvalue weighted by atomic mass is 9.77. The van der Waals surface area contributed by atoms with E-state index in [9.17, 15) is 9.50 Å². The topological polar surface area (TPSA) is 32.6 Å². The van der Waals surface area contributed by atoms with Crippen molar-refractivity contribution in [3.8, 4) is 5.75 Å². The predicted octanol–water partition coefficient (Wildman–Crippen LogP) is 7.97. The van der Waals surface area contributed by atoms with Crippen molar-refractivity contribution < 1.29 is 9.50 Å². The molecule has 0 saturated heterocycles. The largest absolute Gasteiger partial charge is 0.507 e. The fourth-order valence-corrected chi connectivity index (χ4v) is 5.91. The molecule has 0 aliphatic carbocycles. The Hall–Kier alpha value is -1.73. The molecule has 0 saturated carbocycles. The normalized spacial score (nSPS) is 15.0. The number of benzene rings is 2. The molecular weight excluding hydrogens is 428 g/mol. The number of hydrogen-bond donors (Lipinski definition) is 1. The number of unbranched alkanes of at least 4 members (excludes halogenated alkanes) is 2. The molecule has 4 heteroatoms. The zero-order chi connectivity index (χ0) is 25.0. The summed E-state index contributed by atoms with van der Waals surface area (Å²) in [5.41, 5.74) is 3.85. The summed E-state index contributed by atoms with van der Waals surface area (Å²) in [5.74, 6) is 0.161. The molecule has 33 heavy (non-hydrogen) atoms. The Morgan fingerprint density at radius 2 is 1.58 bits per heavy atom. The van der Waals surface area contributed by atoms with Crippen LogP contribution in [0.3, 0.4) is 0 Å². The fraction of sp³-hybridized carbons (Fsp3) is 0.552. The number of phenols is 1. The monoisotopic (exact) mass is 471 g/mol. The van der Waals surface area contributed by atoms with E-state index in [2.05, 4.69) is 72.5 Å². The van der Waals surface area contributed by atoms with Crippen LogP contribution in [0.1, 0.15) is 103 Å². The van der Waals surface area contributed by atoms with Crippen LogP contribution in [-0.2, 0) is 16.0 Å². The van der Waals surface area contributed by atoms with E-state index in [1.165, 1.54) is 11.6 Å². The van der Waals surface area contributed by atoms with Gasteiger partial charge in [0.05, 0.1) is 0 Å². The third kappa shape index (κ3) is 6.89. The molecule has 1 N–H and O–H groups in total. The Bertz CT molecular complexity index is 984. The maximum atomic E-state index is 14.0. The van der Waals surface area contributed by atoms with Gasteiger partial charge in [-0.2, -0.15) is 0 Å². The number of halogens is 1. The first kappa shape index (κ1) is 27.5. The molecule has 2 aromatic carbocycles. The van der Waals surface area contributed by atoms with Gasteiger partial charge in [-0.3, -0.25) is 4.99 Å². The number of aromatic hydroxyl groups is 1. The first-order valence-electron chi connectivity index (χ1n) is 12.1. The average Bonchev–Trinajstić information content (AvgIpc) is 2.69. The number of hydrogen-bond acceptors (Lipinski definition) is 2. The minimum absolute atomic E-state index is 0.0359. The molecule has 2 aromatic rings. The summed E-state index contributed by atoms with van der Waals surface area (Å²) in [7, 11) is 2.10. The second-order valence-corrected chi connectivity index (χ2v) is 13.3. The molecular formula is C29H43FNOP. The molecule has 182 valence electrons. The molecule has 2 atom stereocenters. The van der Waals surface area contributed by atoms with Gasteiger partial charge in [-0.15, -0.1) is 0 Å². The predicted molar refractivity (Wildman–Crippen MR) is 145 cm³/mol. The highest BCUT2D eigenvalue weighted by Crippen LogP contribution is 2.51. The molecule has 2 nitrogen and oxygen atoms in total. The highest BCUT2D eigenvalue weighted by molar-refractivity contribution is 7.48. The number of phenolic OH excluding ortho intramolecular Hbond substituents is 1. The van der Waals surface area contributed by atoms with Crippen LogP contribution in [0.5, 0.6) is 5.75 Å². The minimum Gasteiger partial charge on any atom is -0.507 e. The van der Waals surface area contributed by atoms with Crippen molar-refractivity contribution >= 4 is 20.1 Å².